The molecule has 8 nitrogen and oxygen atoms in total. The van der Waals surface area contributed by atoms with Crippen molar-refractivity contribution in [2.45, 2.75) is 30.2 Å². The van der Waals surface area contributed by atoms with Crippen molar-refractivity contribution in [2.75, 3.05) is 7.11 Å². The lowest BCUT2D eigenvalue weighted by atomic mass is 10.1. The van der Waals surface area contributed by atoms with Crippen LogP contribution in [-0.2, 0) is 26.3 Å². The summed E-state index contributed by atoms with van der Waals surface area (Å²) in [6.45, 7) is 2.53. The molecule has 2 aromatic carbocycles. The molecule has 0 amide bonds. The summed E-state index contributed by atoms with van der Waals surface area (Å²) in [4.78, 5) is 1.73. The molecule has 0 spiro atoms. The lowest BCUT2D eigenvalue weighted by Gasteiger charge is -2.12. The third-order valence-electron chi connectivity index (χ3n) is 3.83. The van der Waals surface area contributed by atoms with Gasteiger partial charge in [-0.15, -0.1) is 4.79 Å². The van der Waals surface area contributed by atoms with Gasteiger partial charge in [0.25, 0.3) is 19.7 Å². The van der Waals surface area contributed by atoms with E-state index in [1.807, 2.05) is 0 Å². The molecular formula is C17H18N2O6S2. The van der Waals surface area contributed by atoms with Crippen LogP contribution in [0.25, 0.3) is 5.53 Å². The summed E-state index contributed by atoms with van der Waals surface area (Å²) in [6.07, 6.45) is 0. The molecule has 0 saturated carbocycles. The molecule has 0 atom stereocenters. The van der Waals surface area contributed by atoms with Crippen molar-refractivity contribution < 1.29 is 31.5 Å². The highest BCUT2D eigenvalue weighted by atomic mass is 32.3. The van der Waals surface area contributed by atoms with Gasteiger partial charge in [0.2, 0.25) is 0 Å². The molecule has 0 heterocycles. The number of aryl methyl sites for hydroxylation is 2. The maximum Gasteiger partial charge on any atom is 0.504 e. The van der Waals surface area contributed by atoms with E-state index in [2.05, 4.69) is 4.79 Å². The molecule has 2 rings (SSSR count). The van der Waals surface area contributed by atoms with Crippen molar-refractivity contribution >= 4 is 24.1 Å². The van der Waals surface area contributed by atoms with Crippen LogP contribution in [0.1, 0.15) is 16.7 Å². The molecule has 0 aliphatic carbocycles. The second kappa shape index (κ2) is 7.61. The van der Waals surface area contributed by atoms with Gasteiger partial charge in [0.05, 0.1) is 18.6 Å². The predicted molar refractivity (Wildman–Crippen MR) is 97.8 cm³/mol. The van der Waals surface area contributed by atoms with Gasteiger partial charge in [0.15, 0.2) is 0 Å². The fourth-order valence-electron chi connectivity index (χ4n) is 2.82. The first kappa shape index (κ1) is 20.8. The van der Waals surface area contributed by atoms with E-state index in [9.17, 15) is 27.5 Å². The number of benzene rings is 2. The van der Waals surface area contributed by atoms with E-state index in [4.69, 9.17) is 4.74 Å². The molecule has 0 saturated heterocycles. The van der Waals surface area contributed by atoms with Gasteiger partial charge in [0, 0.05) is 0 Å². The van der Waals surface area contributed by atoms with E-state index >= 15 is 0 Å². The summed E-state index contributed by atoms with van der Waals surface area (Å²) in [5.41, 5.74) is 10.2. The number of ether oxygens (including phenoxy) is 1. The number of sulfone groups is 2. The van der Waals surface area contributed by atoms with Gasteiger partial charge in [-0.1, -0.05) is 29.8 Å². The van der Waals surface area contributed by atoms with Crippen LogP contribution in [0.2, 0.25) is 0 Å². The molecule has 0 aliphatic heterocycles. The minimum Gasteiger partial charge on any atom is -0.495 e. The number of nitrogens with zero attached hydrogens (tertiary/aromatic N) is 2. The van der Waals surface area contributed by atoms with Gasteiger partial charge in [-0.3, -0.25) is 0 Å². The average Bonchev–Trinajstić information content (AvgIpc) is 2.60. The maximum absolute atomic E-state index is 13.1. The normalized spacial score (nSPS) is 11.7. The largest absolute Gasteiger partial charge is 0.504 e. The quantitative estimate of drug-likeness (QED) is 0.352. The number of aliphatic hydroxyl groups excluding tert-OH is 1. The van der Waals surface area contributed by atoms with Crippen LogP contribution in [0, 0.1) is 13.8 Å². The first-order chi connectivity index (χ1) is 12.6. The van der Waals surface area contributed by atoms with Crippen molar-refractivity contribution in [3.8, 4) is 5.75 Å². The predicted octanol–water partition coefficient (Wildman–Crippen LogP) is 1.64. The number of rotatable bonds is 4. The van der Waals surface area contributed by atoms with Crippen LogP contribution >= 0.6 is 0 Å². The standard InChI is InChI=1S/C17H18N2O6S2/c1-11-8-12(2)16(13(9-11)10-20)27(23,24)17(19-18)26(21,22)15-7-5-4-6-14(15)25-3/h4-9,20H,10H2,1-3H3. The Kier molecular flexibility index (Phi) is 5.86. The third-order valence-corrected chi connectivity index (χ3v) is 8.27. The number of methoxy groups -OCH3 is 1. The topological polar surface area (TPSA) is 134 Å². The number of aliphatic hydroxyl groups is 1. The fourth-order valence-corrected chi connectivity index (χ4v) is 6.70. The molecule has 10 heteroatoms. The molecular weight excluding hydrogens is 392 g/mol. The number of hydrogen-bond donors (Lipinski definition) is 1. The molecule has 0 aliphatic rings. The van der Waals surface area contributed by atoms with Crippen LogP contribution in [0.4, 0.5) is 0 Å². The maximum atomic E-state index is 13.1. The Hall–Kier alpha value is -2.52. The number of para-hydroxylation sites is 1. The highest BCUT2D eigenvalue weighted by Gasteiger charge is 2.46. The molecule has 2 aromatic rings. The Morgan fingerprint density at radius 3 is 2.30 bits per heavy atom. The zero-order valence-electron chi connectivity index (χ0n) is 14.9. The summed E-state index contributed by atoms with van der Waals surface area (Å²) in [7, 11) is -8.29. The summed E-state index contributed by atoms with van der Waals surface area (Å²) in [5, 5.41) is 9.55. The first-order valence-corrected chi connectivity index (χ1v) is 10.6. The van der Waals surface area contributed by atoms with Gasteiger partial charge < -0.3 is 15.4 Å². The first-order valence-electron chi connectivity index (χ1n) is 7.67. The Morgan fingerprint density at radius 2 is 1.74 bits per heavy atom. The Labute approximate surface area is 157 Å². The van der Waals surface area contributed by atoms with Crippen molar-refractivity contribution in [3.05, 3.63) is 58.6 Å². The Morgan fingerprint density at radius 1 is 1.11 bits per heavy atom. The Bertz CT molecular complexity index is 1150. The van der Waals surface area contributed by atoms with Gasteiger partial charge in [-0.25, -0.2) is 16.8 Å². The van der Waals surface area contributed by atoms with Crippen molar-refractivity contribution in [3.63, 3.8) is 0 Å². The van der Waals surface area contributed by atoms with Crippen molar-refractivity contribution in [1.82, 2.24) is 0 Å². The van der Waals surface area contributed by atoms with E-state index in [1.54, 1.807) is 6.92 Å². The van der Waals surface area contributed by atoms with Crippen LogP contribution in [0.3, 0.4) is 0 Å². The average molecular weight is 410 g/mol. The highest BCUT2D eigenvalue weighted by Crippen LogP contribution is 2.30. The summed E-state index contributed by atoms with van der Waals surface area (Å²) in [5.74, 6) is -0.100. The van der Waals surface area contributed by atoms with E-state index in [0.29, 0.717) is 5.56 Å². The van der Waals surface area contributed by atoms with Crippen molar-refractivity contribution in [2.24, 2.45) is 0 Å². The Balaban J connectivity index is 2.81. The highest BCUT2D eigenvalue weighted by molar-refractivity contribution is 8.31. The summed E-state index contributed by atoms with van der Waals surface area (Å²) in [6, 6.07) is 8.32. The SMILES string of the molecule is COc1ccccc1S(=O)(=O)C(=[N+]=[N-])S(=O)(=O)c1c(C)cc(C)cc1CO. The van der Waals surface area contributed by atoms with E-state index in [0.717, 1.165) is 6.07 Å². The molecule has 0 unspecified atom stereocenters. The third kappa shape index (κ3) is 3.65. The second-order valence-corrected chi connectivity index (χ2v) is 9.65. The second-order valence-electron chi connectivity index (χ2n) is 5.75. The molecule has 27 heavy (non-hydrogen) atoms. The van der Waals surface area contributed by atoms with E-state index in [-0.39, 0.29) is 16.9 Å². The molecule has 0 radical (unpaired) electrons. The van der Waals surface area contributed by atoms with Crippen LogP contribution in [0.15, 0.2) is 46.2 Å². The molecule has 144 valence electrons. The smallest absolute Gasteiger partial charge is 0.495 e. The van der Waals surface area contributed by atoms with Gasteiger partial charge in [-0.2, -0.15) is 0 Å². The van der Waals surface area contributed by atoms with Gasteiger partial charge >= 0.3 is 4.38 Å². The molecule has 0 fully saturated rings. The molecule has 0 aromatic heterocycles. The van der Waals surface area contributed by atoms with Gasteiger partial charge in [0.1, 0.15) is 10.6 Å². The number of hydrogen-bond acceptors (Lipinski definition) is 6. The van der Waals surface area contributed by atoms with E-state index < -0.39 is 40.4 Å². The molecule has 1 N–H and O–H groups in total. The van der Waals surface area contributed by atoms with Crippen molar-refractivity contribution in [1.29, 1.82) is 0 Å². The zero-order chi connectivity index (χ0) is 20.4. The van der Waals surface area contributed by atoms with Crippen LogP contribution in [-0.4, -0.2) is 38.2 Å². The van der Waals surface area contributed by atoms with E-state index in [1.165, 1.54) is 44.4 Å². The minimum absolute atomic E-state index is 0.00359. The fraction of sp³-hybridized carbons (Fsp3) is 0.235. The molecule has 0 bridgehead atoms. The monoisotopic (exact) mass is 410 g/mol. The van der Waals surface area contributed by atoms with Gasteiger partial charge in [-0.05, 0) is 37.1 Å². The lowest BCUT2D eigenvalue weighted by Crippen LogP contribution is -2.28. The van der Waals surface area contributed by atoms with Crippen LogP contribution < -0.4 is 4.74 Å². The summed E-state index contributed by atoms with van der Waals surface area (Å²) >= 11 is 0. The summed E-state index contributed by atoms with van der Waals surface area (Å²) < 4.78 is 55.5. The minimum atomic E-state index is -4.78. The zero-order valence-corrected chi connectivity index (χ0v) is 16.5. The van der Waals surface area contributed by atoms with Crippen LogP contribution in [0.5, 0.6) is 5.75 Å². The lowest BCUT2D eigenvalue weighted by molar-refractivity contribution is 0.00378.